The molecule has 10 heavy (non-hydrogen) atoms. The quantitative estimate of drug-likeness (QED) is 0.312. The Hall–Kier alpha value is -0.108. The number of hydrogen-bond donors (Lipinski definition) is 2. The molecule has 0 saturated carbocycles. The van der Waals surface area contributed by atoms with Gasteiger partial charge in [0, 0.05) is 6.08 Å². The topological polar surface area (TPSA) is 83.8 Å². The fourth-order valence-electron chi connectivity index (χ4n) is 0.154. The van der Waals surface area contributed by atoms with E-state index in [0.717, 1.165) is 0 Å². The monoisotopic (exact) mass is 182 g/mol. The largest absolute Gasteiger partial charge is 0.527 e. The van der Waals surface area contributed by atoms with Crippen LogP contribution in [0.2, 0.25) is 0 Å². The molecule has 0 atom stereocenters. The van der Waals surface area contributed by atoms with E-state index < -0.39 is 13.8 Å². The summed E-state index contributed by atoms with van der Waals surface area (Å²) < 4.78 is 13.3. The molecule has 0 unspecified atom stereocenters. The van der Waals surface area contributed by atoms with Crippen molar-refractivity contribution in [3.63, 3.8) is 0 Å². The van der Waals surface area contributed by atoms with Crippen molar-refractivity contribution in [1.29, 1.82) is 0 Å². The molecule has 2 N–H and O–H groups in total. The molecule has 7 heteroatoms. The maximum Gasteiger partial charge on any atom is 0.527 e. The first kappa shape index (κ1) is 12.6. The summed E-state index contributed by atoms with van der Waals surface area (Å²) in [6.45, 7) is 2.93. The zero-order chi connectivity index (χ0) is 7.49. The molecule has 0 aliphatic carbocycles. The van der Waals surface area contributed by atoms with E-state index in [1.165, 1.54) is 0 Å². The van der Waals surface area contributed by atoms with Crippen molar-refractivity contribution in [3.05, 3.63) is 12.7 Å². The van der Waals surface area contributed by atoms with Gasteiger partial charge in [-0.25, -0.2) is 9.36 Å². The van der Waals surface area contributed by atoms with E-state index in [1.807, 2.05) is 0 Å². The lowest BCUT2D eigenvalue weighted by Crippen LogP contribution is -1.96. The van der Waals surface area contributed by atoms with E-state index in [1.54, 1.807) is 0 Å². The van der Waals surface area contributed by atoms with Crippen LogP contribution in [-0.2, 0) is 13.9 Å². The van der Waals surface area contributed by atoms with Crippen LogP contribution >= 0.6 is 7.82 Å². The second-order valence-electron chi connectivity index (χ2n) is 1.11. The first-order valence-electron chi connectivity index (χ1n) is 1.87. The predicted octanol–water partition coefficient (Wildman–Crippen LogP) is -1.38. The van der Waals surface area contributed by atoms with Crippen LogP contribution in [0.15, 0.2) is 12.7 Å². The van der Waals surface area contributed by atoms with Crippen molar-refractivity contribution in [3.8, 4) is 0 Å². The molecule has 0 spiro atoms. The highest BCUT2D eigenvalue weighted by Crippen LogP contribution is 2.35. The van der Waals surface area contributed by atoms with Crippen molar-refractivity contribution in [2.24, 2.45) is 0 Å². The van der Waals surface area contributed by atoms with Crippen LogP contribution in [-0.4, -0.2) is 33.1 Å². The van der Waals surface area contributed by atoms with Gasteiger partial charge in [-0.15, -0.1) is 0 Å². The molecule has 58 valence electrons. The Balaban J connectivity index is 0. The number of hydrogen-bond acceptors (Lipinski definition) is 3. The second-order valence-corrected chi connectivity index (χ2v) is 2.27. The minimum Gasteiger partial charge on any atom is -0.367 e. The van der Waals surface area contributed by atoms with E-state index in [0.29, 0.717) is 6.08 Å². The van der Waals surface area contributed by atoms with Gasteiger partial charge in [-0.2, -0.15) is 0 Å². The van der Waals surface area contributed by atoms with Crippen LogP contribution in [0.5, 0.6) is 0 Å². The molecule has 0 heterocycles. The summed E-state index contributed by atoms with van der Waals surface area (Å²) in [5.74, 6) is -1.14. The lowest BCUT2D eigenvalue weighted by Gasteiger charge is -1.99. The third-order valence-corrected chi connectivity index (χ3v) is 0.793. The molecule has 0 saturated heterocycles. The summed E-state index contributed by atoms with van der Waals surface area (Å²) in [4.78, 5) is 25.9. The molecular formula is C3H8AlO5P. The van der Waals surface area contributed by atoms with Gasteiger partial charge < -0.3 is 4.52 Å². The highest BCUT2D eigenvalue weighted by Gasteiger charge is 2.17. The molecule has 0 radical (unpaired) electrons. The van der Waals surface area contributed by atoms with Crippen molar-refractivity contribution in [2.45, 2.75) is 0 Å². The molecule has 0 fully saturated rings. The Morgan fingerprint density at radius 3 is 2.10 bits per heavy atom. The summed E-state index contributed by atoms with van der Waals surface area (Å²) in [6, 6.07) is 0. The maximum absolute atomic E-state index is 9.99. The third kappa shape index (κ3) is 7.89. The molecule has 0 amide bonds. The first-order chi connectivity index (χ1) is 3.95. The zero-order valence-electron chi connectivity index (χ0n) is 4.35. The number of rotatable bonds is 2. The smallest absolute Gasteiger partial charge is 0.367 e. The summed E-state index contributed by atoms with van der Waals surface area (Å²) in [7, 11) is -4.66. The lowest BCUT2D eigenvalue weighted by atomic mass is 10.7. The van der Waals surface area contributed by atoms with Crippen LogP contribution in [0.4, 0.5) is 0 Å². The van der Waals surface area contributed by atoms with Gasteiger partial charge in [0.2, 0.25) is 0 Å². The van der Waals surface area contributed by atoms with Gasteiger partial charge in [0.25, 0.3) is 0 Å². The molecule has 0 rings (SSSR count). The highest BCUT2D eigenvalue weighted by atomic mass is 31.2. The van der Waals surface area contributed by atoms with E-state index in [4.69, 9.17) is 9.79 Å². The molecule has 0 aromatic rings. The van der Waals surface area contributed by atoms with Gasteiger partial charge in [-0.3, -0.25) is 9.79 Å². The average molecular weight is 182 g/mol. The van der Waals surface area contributed by atoms with Crippen LogP contribution in [0.25, 0.3) is 0 Å². The summed E-state index contributed by atoms with van der Waals surface area (Å²) >= 11 is 0. The molecule has 0 aliphatic rings. The fraction of sp³-hybridized carbons (Fsp3) is 0. The molecule has 0 bridgehead atoms. The minimum atomic E-state index is -4.66. The molecular weight excluding hydrogens is 174 g/mol. The number of phosphoric ester groups is 1. The van der Waals surface area contributed by atoms with E-state index in [9.17, 15) is 9.36 Å². The van der Waals surface area contributed by atoms with Crippen LogP contribution in [0.3, 0.4) is 0 Å². The zero-order valence-corrected chi connectivity index (χ0v) is 5.25. The summed E-state index contributed by atoms with van der Waals surface area (Å²) in [5.41, 5.74) is 0. The average Bonchev–Trinajstić information content (AvgIpc) is 1.62. The number of carbonyl (C=O) groups is 1. The molecule has 5 nitrogen and oxygen atoms in total. The Kier molecular flexibility index (Phi) is 5.86. The third-order valence-electron chi connectivity index (χ3n) is 0.376. The van der Waals surface area contributed by atoms with Gasteiger partial charge in [0.15, 0.2) is 17.4 Å². The highest BCUT2D eigenvalue weighted by molar-refractivity contribution is 7.46. The van der Waals surface area contributed by atoms with Crippen molar-refractivity contribution in [1.82, 2.24) is 0 Å². The van der Waals surface area contributed by atoms with Crippen LogP contribution in [0, 0.1) is 0 Å². The van der Waals surface area contributed by atoms with Crippen LogP contribution < -0.4 is 0 Å². The standard InChI is InChI=1S/C3H5O5P.Al.3H/c1-2-3(4)8-9(5,6)7;;;;/h2H,1H2,(H2,5,6,7);;;;. The molecule has 0 aromatic heterocycles. The summed E-state index contributed by atoms with van der Waals surface area (Å²) in [5, 5.41) is 0. The number of phosphoric acid groups is 1. The van der Waals surface area contributed by atoms with Gasteiger partial charge in [0.05, 0.1) is 0 Å². The minimum absolute atomic E-state index is 0. The summed E-state index contributed by atoms with van der Waals surface area (Å²) in [6.07, 6.45) is 0.666. The van der Waals surface area contributed by atoms with Gasteiger partial charge in [0.1, 0.15) is 0 Å². The Bertz CT molecular complexity index is 172. The normalized spacial score (nSPS) is 9.40. The van der Waals surface area contributed by atoms with Crippen LogP contribution in [0.1, 0.15) is 0 Å². The van der Waals surface area contributed by atoms with Gasteiger partial charge in [-0.1, -0.05) is 6.58 Å². The van der Waals surface area contributed by atoms with Gasteiger partial charge in [-0.05, 0) is 0 Å². The van der Waals surface area contributed by atoms with Gasteiger partial charge >= 0.3 is 13.8 Å². The fourth-order valence-corrected chi connectivity index (χ4v) is 0.463. The lowest BCUT2D eigenvalue weighted by molar-refractivity contribution is -0.130. The van der Waals surface area contributed by atoms with Crippen molar-refractivity contribution in [2.75, 3.05) is 0 Å². The first-order valence-corrected chi connectivity index (χ1v) is 3.40. The number of carbonyl (C=O) groups excluding carboxylic acids is 1. The van der Waals surface area contributed by atoms with E-state index >= 15 is 0 Å². The van der Waals surface area contributed by atoms with Crippen molar-refractivity contribution >= 4 is 31.2 Å². The Morgan fingerprint density at radius 2 is 2.00 bits per heavy atom. The molecule has 0 aliphatic heterocycles. The second kappa shape index (κ2) is 4.67. The Morgan fingerprint density at radius 1 is 1.60 bits per heavy atom. The molecule has 0 aromatic carbocycles. The van der Waals surface area contributed by atoms with E-state index in [2.05, 4.69) is 11.1 Å². The van der Waals surface area contributed by atoms with Crippen molar-refractivity contribution < 1.29 is 23.7 Å². The maximum atomic E-state index is 9.99. The predicted molar refractivity (Wildman–Crippen MR) is 38.3 cm³/mol. The van der Waals surface area contributed by atoms with E-state index in [-0.39, 0.29) is 17.4 Å². The SMILES string of the molecule is C=CC(=O)OP(=O)(O)O.[AlH3]. The Labute approximate surface area is 68.1 Å².